The van der Waals surface area contributed by atoms with E-state index < -0.39 is 4.92 Å². The van der Waals surface area contributed by atoms with Crippen molar-refractivity contribution in [3.05, 3.63) is 27.9 Å². The van der Waals surface area contributed by atoms with Gasteiger partial charge in [-0.1, -0.05) is 0 Å². The molecule has 1 aromatic heterocycles. The maximum absolute atomic E-state index is 12.0. The van der Waals surface area contributed by atoms with Crippen LogP contribution in [0, 0.1) is 17.0 Å². The molecule has 21 heavy (non-hydrogen) atoms. The number of rotatable bonds is 5. The second kappa shape index (κ2) is 7.01. The fraction of sp³-hybridized carbons (Fsp3) is 0.571. The largest absolute Gasteiger partial charge is 0.370 e. The Hall–Kier alpha value is -2.18. The number of pyridine rings is 1. The van der Waals surface area contributed by atoms with Crippen LogP contribution in [0.25, 0.3) is 0 Å². The lowest BCUT2D eigenvalue weighted by molar-refractivity contribution is -0.385. The maximum Gasteiger partial charge on any atom is 0.290 e. The van der Waals surface area contributed by atoms with Crippen LogP contribution < -0.4 is 5.32 Å². The molecule has 0 radical (unpaired) electrons. The number of hydrogen-bond donors (Lipinski definition) is 1. The lowest BCUT2D eigenvalue weighted by Gasteiger charge is -2.26. The zero-order valence-corrected chi connectivity index (χ0v) is 12.2. The van der Waals surface area contributed by atoms with Crippen LogP contribution in [0.4, 0.5) is 11.5 Å². The SMILES string of the molecule is Cc1cc(NCCC(=O)N2CCCCC2)ncc1[N+](=O)[O-]. The average molecular weight is 292 g/mol. The van der Waals surface area contributed by atoms with Gasteiger partial charge >= 0.3 is 0 Å². The van der Waals surface area contributed by atoms with Gasteiger partial charge in [0.1, 0.15) is 12.0 Å². The van der Waals surface area contributed by atoms with Crippen molar-refractivity contribution in [1.82, 2.24) is 9.88 Å². The predicted molar refractivity (Wildman–Crippen MR) is 79.2 cm³/mol. The van der Waals surface area contributed by atoms with Gasteiger partial charge in [-0.15, -0.1) is 0 Å². The Balaban J connectivity index is 1.81. The molecule has 1 saturated heterocycles. The normalized spacial score (nSPS) is 14.8. The number of likely N-dealkylation sites (tertiary alicyclic amines) is 1. The zero-order chi connectivity index (χ0) is 15.2. The van der Waals surface area contributed by atoms with E-state index in [9.17, 15) is 14.9 Å². The number of carbonyl (C=O) groups excluding carboxylic acids is 1. The minimum absolute atomic E-state index is 0.00458. The lowest BCUT2D eigenvalue weighted by atomic mass is 10.1. The van der Waals surface area contributed by atoms with E-state index >= 15 is 0 Å². The fourth-order valence-corrected chi connectivity index (χ4v) is 2.44. The van der Waals surface area contributed by atoms with Crippen molar-refractivity contribution in [2.45, 2.75) is 32.6 Å². The van der Waals surface area contributed by atoms with Crippen LogP contribution in [-0.4, -0.2) is 40.3 Å². The fourth-order valence-electron chi connectivity index (χ4n) is 2.44. The number of hydrogen-bond acceptors (Lipinski definition) is 5. The van der Waals surface area contributed by atoms with Crippen LogP contribution in [0.3, 0.4) is 0 Å². The summed E-state index contributed by atoms with van der Waals surface area (Å²) in [5.41, 5.74) is 0.560. The van der Waals surface area contributed by atoms with Crippen molar-refractivity contribution in [3.8, 4) is 0 Å². The third-order valence-electron chi connectivity index (χ3n) is 3.63. The van der Waals surface area contributed by atoms with Crippen LogP contribution in [0.1, 0.15) is 31.2 Å². The molecule has 7 heteroatoms. The van der Waals surface area contributed by atoms with Gasteiger partial charge in [0.15, 0.2) is 0 Å². The molecule has 1 aromatic rings. The molecule has 0 aliphatic carbocycles. The van der Waals surface area contributed by atoms with E-state index in [0.717, 1.165) is 25.9 Å². The first-order chi connectivity index (χ1) is 10.1. The van der Waals surface area contributed by atoms with Gasteiger partial charge in [0, 0.05) is 31.6 Å². The van der Waals surface area contributed by atoms with Crippen molar-refractivity contribution < 1.29 is 9.72 Å². The second-order valence-corrected chi connectivity index (χ2v) is 5.23. The van der Waals surface area contributed by atoms with Crippen LogP contribution in [0.15, 0.2) is 12.3 Å². The van der Waals surface area contributed by atoms with E-state index in [-0.39, 0.29) is 11.6 Å². The van der Waals surface area contributed by atoms with Gasteiger partial charge in [-0.05, 0) is 32.3 Å². The zero-order valence-electron chi connectivity index (χ0n) is 12.2. The minimum Gasteiger partial charge on any atom is -0.370 e. The summed E-state index contributed by atoms with van der Waals surface area (Å²) in [6, 6.07) is 1.63. The van der Waals surface area contributed by atoms with Crippen molar-refractivity contribution in [2.24, 2.45) is 0 Å². The molecule has 1 aliphatic rings. The van der Waals surface area contributed by atoms with E-state index in [4.69, 9.17) is 0 Å². The highest BCUT2D eigenvalue weighted by atomic mass is 16.6. The highest BCUT2D eigenvalue weighted by molar-refractivity contribution is 5.76. The molecule has 0 unspecified atom stereocenters. The third-order valence-corrected chi connectivity index (χ3v) is 3.63. The number of piperidine rings is 1. The monoisotopic (exact) mass is 292 g/mol. The van der Waals surface area contributed by atoms with Crippen LogP contribution in [0.5, 0.6) is 0 Å². The Morgan fingerprint density at radius 3 is 2.76 bits per heavy atom. The van der Waals surface area contributed by atoms with Gasteiger partial charge in [0.25, 0.3) is 5.69 Å². The number of nitrogens with zero attached hydrogens (tertiary/aromatic N) is 3. The first kappa shape index (κ1) is 15.2. The molecule has 114 valence electrons. The summed E-state index contributed by atoms with van der Waals surface area (Å²) in [5.74, 6) is 0.713. The Labute approximate surface area is 123 Å². The van der Waals surface area contributed by atoms with Crippen molar-refractivity contribution in [3.63, 3.8) is 0 Å². The minimum atomic E-state index is -0.452. The first-order valence-electron chi connectivity index (χ1n) is 7.20. The summed E-state index contributed by atoms with van der Waals surface area (Å²) in [6.45, 7) is 3.87. The number of nitrogens with one attached hydrogen (secondary N) is 1. The molecule has 7 nitrogen and oxygen atoms in total. The summed E-state index contributed by atoms with van der Waals surface area (Å²) in [5, 5.41) is 13.7. The Morgan fingerprint density at radius 1 is 1.43 bits per heavy atom. The van der Waals surface area contributed by atoms with E-state index in [1.54, 1.807) is 13.0 Å². The summed E-state index contributed by atoms with van der Waals surface area (Å²) in [7, 11) is 0. The first-order valence-corrected chi connectivity index (χ1v) is 7.20. The number of carbonyl (C=O) groups is 1. The predicted octanol–water partition coefficient (Wildman–Crippen LogP) is 2.11. The van der Waals surface area contributed by atoms with Gasteiger partial charge in [-0.25, -0.2) is 4.98 Å². The topological polar surface area (TPSA) is 88.4 Å². The molecule has 0 bridgehead atoms. The van der Waals surface area contributed by atoms with Crippen molar-refractivity contribution in [1.29, 1.82) is 0 Å². The van der Waals surface area contributed by atoms with Gasteiger partial charge in [0.2, 0.25) is 5.91 Å². The number of amides is 1. The molecule has 0 aromatic carbocycles. The summed E-state index contributed by atoms with van der Waals surface area (Å²) in [4.78, 5) is 28.1. The van der Waals surface area contributed by atoms with Crippen molar-refractivity contribution in [2.75, 3.05) is 25.0 Å². The van der Waals surface area contributed by atoms with Gasteiger partial charge in [0.05, 0.1) is 4.92 Å². The number of aryl methyl sites for hydroxylation is 1. The quantitative estimate of drug-likeness (QED) is 0.663. The number of nitro groups is 1. The molecule has 1 N–H and O–H groups in total. The Bertz CT molecular complexity index is 527. The summed E-state index contributed by atoms with van der Waals surface area (Å²) in [6.07, 6.45) is 5.03. The smallest absolute Gasteiger partial charge is 0.290 e. The number of anilines is 1. The number of aromatic nitrogens is 1. The third kappa shape index (κ3) is 4.14. The van der Waals surface area contributed by atoms with Gasteiger partial charge in [-0.2, -0.15) is 0 Å². The maximum atomic E-state index is 12.0. The highest BCUT2D eigenvalue weighted by Gasteiger charge is 2.16. The van der Waals surface area contributed by atoms with E-state index in [0.29, 0.717) is 24.3 Å². The highest BCUT2D eigenvalue weighted by Crippen LogP contribution is 2.18. The standard InChI is InChI=1S/C14H20N4O3/c1-11-9-13(16-10-12(11)18(20)21)15-6-5-14(19)17-7-3-2-4-8-17/h9-10H,2-8H2,1H3,(H,15,16). The van der Waals surface area contributed by atoms with E-state index in [1.807, 2.05) is 4.90 Å². The molecule has 1 aliphatic heterocycles. The van der Waals surface area contributed by atoms with Gasteiger partial charge in [-0.3, -0.25) is 14.9 Å². The molecular weight excluding hydrogens is 272 g/mol. The van der Waals surface area contributed by atoms with Gasteiger partial charge < -0.3 is 10.2 Å². The summed E-state index contributed by atoms with van der Waals surface area (Å²) < 4.78 is 0. The molecule has 0 saturated carbocycles. The van der Waals surface area contributed by atoms with E-state index in [1.165, 1.54) is 12.6 Å². The molecule has 0 spiro atoms. The summed E-state index contributed by atoms with van der Waals surface area (Å²) >= 11 is 0. The molecule has 1 fully saturated rings. The molecule has 1 amide bonds. The molecule has 2 rings (SSSR count). The van der Waals surface area contributed by atoms with Crippen LogP contribution in [-0.2, 0) is 4.79 Å². The van der Waals surface area contributed by atoms with Crippen LogP contribution in [0.2, 0.25) is 0 Å². The Morgan fingerprint density at radius 2 is 2.14 bits per heavy atom. The molecule has 2 heterocycles. The molecular formula is C14H20N4O3. The second-order valence-electron chi connectivity index (χ2n) is 5.23. The van der Waals surface area contributed by atoms with Crippen molar-refractivity contribution >= 4 is 17.4 Å². The average Bonchev–Trinajstić information content (AvgIpc) is 2.47. The van der Waals surface area contributed by atoms with E-state index in [2.05, 4.69) is 10.3 Å². The lowest BCUT2D eigenvalue weighted by Crippen LogP contribution is -2.36. The van der Waals surface area contributed by atoms with Crippen LogP contribution >= 0.6 is 0 Å². The molecule has 0 atom stereocenters. The Kier molecular flexibility index (Phi) is 5.08.